The van der Waals surface area contributed by atoms with Gasteiger partial charge >= 0.3 is 23.9 Å². The zero-order valence-electron chi connectivity index (χ0n) is 33.7. The molecule has 0 aromatic heterocycles. The third-order valence-corrected chi connectivity index (χ3v) is 10.9. The summed E-state index contributed by atoms with van der Waals surface area (Å²) in [6, 6.07) is 1.52. The Bertz CT molecular complexity index is 2210. The number of carbonyl (C=O) groups excluding carboxylic acids is 4. The number of ether oxygens (including phenoxy) is 5. The van der Waals surface area contributed by atoms with E-state index in [0.717, 1.165) is 0 Å². The molecule has 56 heavy (non-hydrogen) atoms. The summed E-state index contributed by atoms with van der Waals surface area (Å²) >= 11 is 3.28. The van der Waals surface area contributed by atoms with Crippen molar-refractivity contribution in [3.63, 3.8) is 0 Å². The van der Waals surface area contributed by atoms with E-state index in [0.29, 0.717) is 56.9 Å². The summed E-state index contributed by atoms with van der Waals surface area (Å²) in [7, 11) is 1.34. The number of hydrogen-bond donors (Lipinski definition) is 2. The number of aromatic hydroxyl groups is 1. The second-order valence-corrected chi connectivity index (χ2v) is 15.1. The number of carboxylic acids is 1. The molecule has 4 rings (SSSR count). The number of benzene rings is 3. The average Bonchev–Trinajstić information content (AvgIpc) is 3.11. The van der Waals surface area contributed by atoms with E-state index in [4.69, 9.17) is 23.7 Å². The molecule has 12 nitrogen and oxygen atoms in total. The highest BCUT2D eigenvalue weighted by atomic mass is 79.9. The first-order valence-electron chi connectivity index (χ1n) is 17.9. The van der Waals surface area contributed by atoms with Crippen LogP contribution >= 0.6 is 15.9 Å². The van der Waals surface area contributed by atoms with Crippen LogP contribution in [0.3, 0.4) is 0 Å². The van der Waals surface area contributed by atoms with Gasteiger partial charge in [0.25, 0.3) is 0 Å². The summed E-state index contributed by atoms with van der Waals surface area (Å²) < 4.78 is 28.7. The maximum atomic E-state index is 13.9. The summed E-state index contributed by atoms with van der Waals surface area (Å²) in [5.74, 6) is -4.46. The Labute approximate surface area is 334 Å². The minimum absolute atomic E-state index is 0.0147. The van der Waals surface area contributed by atoms with E-state index in [-0.39, 0.29) is 67.9 Å². The minimum Gasteiger partial charge on any atom is -0.506 e. The van der Waals surface area contributed by atoms with Gasteiger partial charge in [-0.05, 0) is 147 Å². The molecule has 0 spiro atoms. The van der Waals surface area contributed by atoms with Gasteiger partial charge in [-0.25, -0.2) is 14.4 Å². The summed E-state index contributed by atoms with van der Waals surface area (Å²) in [5.41, 5.74) is 3.75. The fourth-order valence-electron chi connectivity index (χ4n) is 6.57. The van der Waals surface area contributed by atoms with Gasteiger partial charge in [-0.15, -0.1) is 0 Å². The molecule has 2 N–H and O–H groups in total. The molecule has 1 unspecified atom stereocenters. The van der Waals surface area contributed by atoms with E-state index in [1.165, 1.54) is 25.3 Å². The number of methoxy groups -OCH3 is 1. The number of allylic oxidation sites excluding steroid dienone is 2. The first-order valence-corrected chi connectivity index (χ1v) is 18.7. The van der Waals surface area contributed by atoms with Crippen molar-refractivity contribution in [1.82, 2.24) is 0 Å². The van der Waals surface area contributed by atoms with Crippen molar-refractivity contribution < 1.29 is 57.9 Å². The normalized spacial score (nSPS) is 13.9. The highest BCUT2D eigenvalue weighted by Gasteiger charge is 2.34. The van der Waals surface area contributed by atoms with E-state index in [2.05, 4.69) is 15.9 Å². The number of hydrogen-bond acceptors (Lipinski definition) is 11. The van der Waals surface area contributed by atoms with Gasteiger partial charge in [-0.1, -0.05) is 13.8 Å². The van der Waals surface area contributed by atoms with E-state index in [1.807, 2.05) is 13.8 Å². The third kappa shape index (κ3) is 8.37. The van der Waals surface area contributed by atoms with Crippen LogP contribution in [0.25, 0.3) is 0 Å². The Morgan fingerprint density at radius 1 is 0.732 bits per heavy atom. The molecule has 13 heteroatoms. The zero-order valence-corrected chi connectivity index (χ0v) is 35.2. The lowest BCUT2D eigenvalue weighted by molar-refractivity contribution is -0.137. The molecular formula is C43H47BrO12. The molecule has 0 saturated carbocycles. The van der Waals surface area contributed by atoms with Crippen LogP contribution in [0.4, 0.5) is 0 Å². The fraction of sp³-hybridized carbons (Fsp3) is 0.372. The van der Waals surface area contributed by atoms with E-state index in [1.54, 1.807) is 62.3 Å². The van der Waals surface area contributed by atoms with Gasteiger partial charge in [0.05, 0.1) is 19.3 Å². The molecule has 3 aromatic carbocycles. The number of phenolic OH excluding ortho intramolecular Hbond substituents is 1. The van der Waals surface area contributed by atoms with E-state index in [9.17, 15) is 34.2 Å². The van der Waals surface area contributed by atoms with Crippen molar-refractivity contribution in [1.29, 1.82) is 0 Å². The number of rotatable bonds is 12. The van der Waals surface area contributed by atoms with Crippen LogP contribution in [0.2, 0.25) is 0 Å². The molecule has 0 heterocycles. The molecule has 0 saturated heterocycles. The number of aryl methyl sites for hydroxylation is 1. The predicted molar refractivity (Wildman–Crippen MR) is 211 cm³/mol. The monoisotopic (exact) mass is 834 g/mol. The van der Waals surface area contributed by atoms with Crippen LogP contribution in [-0.4, -0.2) is 53.6 Å². The highest BCUT2D eigenvalue weighted by Crippen LogP contribution is 2.44. The second kappa shape index (κ2) is 17.2. The van der Waals surface area contributed by atoms with Gasteiger partial charge in [0.2, 0.25) is 0 Å². The zero-order chi connectivity index (χ0) is 42.1. The quantitative estimate of drug-likeness (QED) is 0.131. The van der Waals surface area contributed by atoms with Crippen molar-refractivity contribution in [3.8, 4) is 28.7 Å². The number of esters is 3. The van der Waals surface area contributed by atoms with Crippen molar-refractivity contribution in [3.05, 3.63) is 95.2 Å². The van der Waals surface area contributed by atoms with Gasteiger partial charge in [0.1, 0.15) is 50.3 Å². The lowest BCUT2D eigenvalue weighted by Gasteiger charge is -2.23. The van der Waals surface area contributed by atoms with Gasteiger partial charge in [-0.3, -0.25) is 9.59 Å². The lowest BCUT2D eigenvalue weighted by Crippen LogP contribution is -2.28. The topological polar surface area (TPSA) is 172 Å². The molecule has 3 aromatic rings. The van der Waals surface area contributed by atoms with Gasteiger partial charge in [0.15, 0.2) is 11.5 Å². The van der Waals surface area contributed by atoms with Crippen LogP contribution in [0, 0.1) is 67.2 Å². The number of carbonyl (C=O) groups is 5. The summed E-state index contributed by atoms with van der Waals surface area (Å²) in [4.78, 5) is 65.2. The van der Waals surface area contributed by atoms with Crippen LogP contribution in [0.1, 0.15) is 103 Å². The standard InChI is InChI=1S/C43H47BrO12/c1-18(2)13-14-53-38-27(11)37(25(9)24(8)34(38)40(47)48)55-41(49)31-20(4)16-29(21(5)22(31)6)54-43(51)33-23(7)26(10)39(35(44)36(33)46)56-42(50)32-19(3)15-28(45)17-30(32)52-12/h15-18,32,46H,13-14H2,1-12H3,(H,47,48). The molecule has 298 valence electrons. The van der Waals surface area contributed by atoms with Crippen molar-refractivity contribution in [2.75, 3.05) is 13.7 Å². The number of phenols is 1. The average molecular weight is 836 g/mol. The Hall–Kier alpha value is -5.43. The van der Waals surface area contributed by atoms with Gasteiger partial charge in [0, 0.05) is 11.6 Å². The summed E-state index contributed by atoms with van der Waals surface area (Å²) in [5, 5.41) is 21.3. The molecule has 1 atom stereocenters. The van der Waals surface area contributed by atoms with Gasteiger partial charge < -0.3 is 33.9 Å². The van der Waals surface area contributed by atoms with Crippen LogP contribution in [-0.2, 0) is 14.3 Å². The largest absolute Gasteiger partial charge is 0.506 e. The summed E-state index contributed by atoms with van der Waals surface area (Å²) in [6.07, 6.45) is 3.21. The Kier molecular flexibility index (Phi) is 13.3. The van der Waals surface area contributed by atoms with E-state index < -0.39 is 35.5 Å². The first kappa shape index (κ1) is 43.3. The Morgan fingerprint density at radius 3 is 1.89 bits per heavy atom. The summed E-state index contributed by atoms with van der Waals surface area (Å²) in [6.45, 7) is 19.1. The highest BCUT2D eigenvalue weighted by molar-refractivity contribution is 9.10. The molecule has 0 radical (unpaired) electrons. The van der Waals surface area contributed by atoms with Crippen LogP contribution < -0.4 is 18.9 Å². The van der Waals surface area contributed by atoms with Crippen molar-refractivity contribution in [2.45, 2.75) is 82.6 Å². The number of ketones is 1. The second-order valence-electron chi connectivity index (χ2n) is 14.4. The number of carboxylic acid groups (broad SMARTS) is 1. The third-order valence-electron chi connectivity index (χ3n) is 10.2. The number of aromatic carboxylic acids is 1. The van der Waals surface area contributed by atoms with E-state index >= 15 is 0 Å². The van der Waals surface area contributed by atoms with Crippen molar-refractivity contribution in [2.24, 2.45) is 11.8 Å². The van der Waals surface area contributed by atoms with Gasteiger partial charge in [-0.2, -0.15) is 0 Å². The molecule has 0 aliphatic heterocycles. The SMILES string of the molecule is COC1=CC(=O)C=C(C)C1C(=O)Oc1c(C)c(C)c(C(=O)Oc2cc(C)c(C(=O)Oc3c(C)c(C)c(C(=O)O)c(OCCC(C)C)c3C)c(C)c2C)c(O)c1Br. The number of halogens is 1. The maximum Gasteiger partial charge on any atom is 0.347 e. The molecule has 1 aliphatic carbocycles. The molecule has 0 bridgehead atoms. The molecule has 0 fully saturated rings. The minimum atomic E-state index is -1.15. The first-order chi connectivity index (χ1) is 26.1. The Balaban J connectivity index is 1.65. The molecule has 0 amide bonds. The predicted octanol–water partition coefficient (Wildman–Crippen LogP) is 8.76. The van der Waals surface area contributed by atoms with Crippen molar-refractivity contribution >= 4 is 45.6 Å². The maximum absolute atomic E-state index is 13.9. The van der Waals surface area contributed by atoms with Crippen LogP contribution in [0.15, 0.2) is 34.0 Å². The molecular weight excluding hydrogens is 788 g/mol. The fourth-order valence-corrected chi connectivity index (χ4v) is 7.15. The Morgan fingerprint density at radius 2 is 1.30 bits per heavy atom. The molecule has 1 aliphatic rings. The smallest absolute Gasteiger partial charge is 0.347 e. The lowest BCUT2D eigenvalue weighted by atomic mass is 9.92. The van der Waals surface area contributed by atoms with Crippen LogP contribution in [0.5, 0.6) is 28.7 Å².